The molecule has 0 aliphatic carbocycles. The quantitative estimate of drug-likeness (QED) is 0.665. The van der Waals surface area contributed by atoms with Crippen LogP contribution in [0.25, 0.3) is 0 Å². The second kappa shape index (κ2) is 4.37. The summed E-state index contributed by atoms with van der Waals surface area (Å²) in [6, 6.07) is 0. The van der Waals surface area contributed by atoms with Crippen LogP contribution in [0, 0.1) is 0 Å². The van der Waals surface area contributed by atoms with Crippen LogP contribution in [0.2, 0.25) is 0 Å². The molecule has 2 rings (SSSR count). The van der Waals surface area contributed by atoms with Crippen molar-refractivity contribution in [2.45, 2.75) is 25.2 Å². The van der Waals surface area contributed by atoms with Crippen molar-refractivity contribution in [2.75, 3.05) is 32.8 Å². The second-order valence-electron chi connectivity index (χ2n) is 3.70. The highest BCUT2D eigenvalue weighted by Crippen LogP contribution is 2.13. The fraction of sp³-hybridized carbons (Fsp3) is 1.00. The lowest BCUT2D eigenvalue weighted by Crippen LogP contribution is -2.26. The zero-order valence-corrected chi connectivity index (χ0v) is 7.82. The Bertz CT molecular complexity index is 159. The van der Waals surface area contributed by atoms with Gasteiger partial charge in [-0.2, -0.15) is 0 Å². The molecule has 0 spiro atoms. The lowest BCUT2D eigenvalue weighted by molar-refractivity contribution is -0.0509. The van der Waals surface area contributed by atoms with Crippen LogP contribution < -0.4 is 0 Å². The fourth-order valence-electron chi connectivity index (χ4n) is 1.88. The molecule has 13 heavy (non-hydrogen) atoms. The molecule has 1 N–H and O–H groups in total. The van der Waals surface area contributed by atoms with E-state index in [0.717, 1.165) is 45.7 Å². The molecule has 0 radical (unpaired) electrons. The van der Waals surface area contributed by atoms with E-state index >= 15 is 0 Å². The molecule has 2 saturated heterocycles. The Balaban J connectivity index is 1.62. The zero-order valence-electron chi connectivity index (χ0n) is 7.82. The molecule has 76 valence electrons. The normalized spacial score (nSPS) is 31.6. The van der Waals surface area contributed by atoms with Gasteiger partial charge in [0.15, 0.2) is 6.29 Å². The summed E-state index contributed by atoms with van der Waals surface area (Å²) < 4.78 is 10.7. The maximum absolute atomic E-state index is 9.29. The van der Waals surface area contributed by atoms with Gasteiger partial charge in [-0.1, -0.05) is 0 Å². The lowest BCUT2D eigenvalue weighted by Gasteiger charge is -2.16. The molecule has 0 amide bonds. The Hall–Kier alpha value is -0.160. The highest BCUT2D eigenvalue weighted by Gasteiger charge is 2.22. The maximum atomic E-state index is 9.29. The minimum atomic E-state index is -0.120. The van der Waals surface area contributed by atoms with E-state index in [1.807, 2.05) is 0 Å². The van der Waals surface area contributed by atoms with Crippen molar-refractivity contribution < 1.29 is 14.6 Å². The first kappa shape index (κ1) is 9.40. The van der Waals surface area contributed by atoms with Gasteiger partial charge in [0, 0.05) is 26.1 Å². The van der Waals surface area contributed by atoms with E-state index in [1.54, 1.807) is 0 Å². The van der Waals surface area contributed by atoms with Crippen molar-refractivity contribution in [3.63, 3.8) is 0 Å². The standard InChI is InChI=1S/C9H17NO3/c11-8-1-3-10(7-8)4-2-9-12-5-6-13-9/h8-9,11H,1-7H2/t8-/m0/s1. The smallest absolute Gasteiger partial charge is 0.159 e. The summed E-state index contributed by atoms with van der Waals surface area (Å²) in [5.41, 5.74) is 0. The van der Waals surface area contributed by atoms with Gasteiger partial charge in [-0.05, 0) is 6.42 Å². The number of hydrogen-bond acceptors (Lipinski definition) is 4. The number of hydrogen-bond donors (Lipinski definition) is 1. The molecule has 0 bridgehead atoms. The molecule has 2 heterocycles. The van der Waals surface area contributed by atoms with Gasteiger partial charge in [-0.25, -0.2) is 0 Å². The van der Waals surface area contributed by atoms with Crippen LogP contribution in [0.4, 0.5) is 0 Å². The van der Waals surface area contributed by atoms with Gasteiger partial charge in [0.05, 0.1) is 19.3 Å². The Kier molecular flexibility index (Phi) is 3.16. The summed E-state index contributed by atoms with van der Waals surface area (Å²) in [5, 5.41) is 9.29. The number of ether oxygens (including phenoxy) is 2. The van der Waals surface area contributed by atoms with E-state index in [2.05, 4.69) is 4.90 Å². The monoisotopic (exact) mass is 187 g/mol. The molecular formula is C9H17NO3. The molecule has 4 nitrogen and oxygen atoms in total. The van der Waals surface area contributed by atoms with Gasteiger partial charge in [0.2, 0.25) is 0 Å². The summed E-state index contributed by atoms with van der Waals surface area (Å²) in [6.45, 7) is 4.25. The van der Waals surface area contributed by atoms with E-state index in [9.17, 15) is 5.11 Å². The van der Waals surface area contributed by atoms with E-state index in [-0.39, 0.29) is 12.4 Å². The van der Waals surface area contributed by atoms with Gasteiger partial charge in [-0.3, -0.25) is 0 Å². The third-order valence-corrected chi connectivity index (χ3v) is 2.62. The highest BCUT2D eigenvalue weighted by atomic mass is 16.7. The first-order valence-corrected chi connectivity index (χ1v) is 4.98. The van der Waals surface area contributed by atoms with Gasteiger partial charge in [0.1, 0.15) is 0 Å². The Morgan fingerprint density at radius 1 is 1.31 bits per heavy atom. The number of β-amino-alcohol motifs (C(OH)–C–C–N with tert-alkyl or cyclic N) is 1. The van der Waals surface area contributed by atoms with Crippen molar-refractivity contribution in [1.82, 2.24) is 4.90 Å². The number of rotatable bonds is 3. The molecule has 0 saturated carbocycles. The van der Waals surface area contributed by atoms with Crippen LogP contribution in [0.15, 0.2) is 0 Å². The second-order valence-corrected chi connectivity index (χ2v) is 3.70. The summed E-state index contributed by atoms with van der Waals surface area (Å²) in [7, 11) is 0. The van der Waals surface area contributed by atoms with E-state index < -0.39 is 0 Å². The number of nitrogens with zero attached hydrogens (tertiary/aromatic N) is 1. The van der Waals surface area contributed by atoms with E-state index in [0.29, 0.717) is 0 Å². The van der Waals surface area contributed by atoms with Gasteiger partial charge < -0.3 is 19.5 Å². The summed E-state index contributed by atoms with van der Waals surface area (Å²) in [6.07, 6.45) is 1.71. The van der Waals surface area contributed by atoms with Gasteiger partial charge in [-0.15, -0.1) is 0 Å². The van der Waals surface area contributed by atoms with Crippen molar-refractivity contribution in [3.05, 3.63) is 0 Å². The van der Waals surface area contributed by atoms with E-state index in [4.69, 9.17) is 9.47 Å². The maximum Gasteiger partial charge on any atom is 0.159 e. The highest BCUT2D eigenvalue weighted by molar-refractivity contribution is 4.74. The van der Waals surface area contributed by atoms with Crippen LogP contribution in [0.3, 0.4) is 0 Å². The molecule has 0 unspecified atom stereocenters. The van der Waals surface area contributed by atoms with Crippen molar-refractivity contribution in [2.24, 2.45) is 0 Å². The average molecular weight is 187 g/mol. The number of aliphatic hydroxyl groups excluding tert-OH is 1. The topological polar surface area (TPSA) is 41.9 Å². The molecule has 0 aromatic heterocycles. The van der Waals surface area contributed by atoms with Crippen molar-refractivity contribution in [3.8, 4) is 0 Å². The van der Waals surface area contributed by atoms with Gasteiger partial charge >= 0.3 is 0 Å². The Morgan fingerprint density at radius 3 is 2.69 bits per heavy atom. The molecule has 2 aliphatic rings. The van der Waals surface area contributed by atoms with E-state index in [1.165, 1.54) is 0 Å². The predicted molar refractivity (Wildman–Crippen MR) is 47.4 cm³/mol. The van der Waals surface area contributed by atoms with Gasteiger partial charge in [0.25, 0.3) is 0 Å². The van der Waals surface area contributed by atoms with Crippen LogP contribution in [-0.2, 0) is 9.47 Å². The minimum Gasteiger partial charge on any atom is -0.392 e. The number of aliphatic hydroxyl groups is 1. The average Bonchev–Trinajstić information content (AvgIpc) is 2.71. The fourth-order valence-corrected chi connectivity index (χ4v) is 1.88. The predicted octanol–water partition coefficient (Wildman–Crippen LogP) is -0.184. The Labute approximate surface area is 78.4 Å². The molecule has 2 fully saturated rings. The van der Waals surface area contributed by atoms with Crippen LogP contribution >= 0.6 is 0 Å². The SMILES string of the molecule is O[C@H]1CCN(CCC2OCCO2)C1. The molecule has 0 aromatic rings. The molecule has 0 aromatic carbocycles. The number of likely N-dealkylation sites (tertiary alicyclic amines) is 1. The largest absolute Gasteiger partial charge is 0.392 e. The Morgan fingerprint density at radius 2 is 2.08 bits per heavy atom. The summed E-state index contributed by atoms with van der Waals surface area (Å²) in [5.74, 6) is 0. The summed E-state index contributed by atoms with van der Waals surface area (Å²) >= 11 is 0. The third kappa shape index (κ3) is 2.64. The first-order valence-electron chi connectivity index (χ1n) is 4.98. The first-order chi connectivity index (χ1) is 6.34. The van der Waals surface area contributed by atoms with Crippen LogP contribution in [0.1, 0.15) is 12.8 Å². The third-order valence-electron chi connectivity index (χ3n) is 2.62. The van der Waals surface area contributed by atoms with Crippen LogP contribution in [0.5, 0.6) is 0 Å². The summed E-state index contributed by atoms with van der Waals surface area (Å²) in [4.78, 5) is 2.26. The molecular weight excluding hydrogens is 170 g/mol. The lowest BCUT2D eigenvalue weighted by atomic mass is 10.3. The molecule has 1 atom stereocenters. The van der Waals surface area contributed by atoms with Crippen molar-refractivity contribution in [1.29, 1.82) is 0 Å². The molecule has 4 heteroatoms. The minimum absolute atomic E-state index is 0.00209. The van der Waals surface area contributed by atoms with Crippen molar-refractivity contribution >= 4 is 0 Å². The zero-order chi connectivity index (χ0) is 9.10. The van der Waals surface area contributed by atoms with Crippen LogP contribution in [-0.4, -0.2) is 55.2 Å². The molecule has 2 aliphatic heterocycles.